The van der Waals surface area contributed by atoms with Crippen molar-refractivity contribution in [2.45, 2.75) is 32.2 Å². The smallest absolute Gasteiger partial charge is 0.251 e. The molecule has 0 bridgehead atoms. The Labute approximate surface area is 223 Å². The third-order valence-corrected chi connectivity index (χ3v) is 7.18. The predicted molar refractivity (Wildman–Crippen MR) is 151 cm³/mol. The second kappa shape index (κ2) is 12.0. The number of para-hydroxylation sites is 1. The number of nitrogens with one attached hydrogen (secondary N) is 3. The molecule has 1 atom stereocenters. The summed E-state index contributed by atoms with van der Waals surface area (Å²) in [6.45, 7) is 6.09. The maximum absolute atomic E-state index is 12.2. The highest BCUT2D eigenvalue weighted by Gasteiger charge is 2.22. The Morgan fingerprint density at radius 2 is 1.97 bits per heavy atom. The van der Waals surface area contributed by atoms with Gasteiger partial charge < -0.3 is 16.0 Å². The van der Waals surface area contributed by atoms with Crippen LogP contribution in [0.15, 0.2) is 61.2 Å². The van der Waals surface area contributed by atoms with E-state index in [0.29, 0.717) is 18.2 Å². The molecular weight excluding hydrogens is 476 g/mol. The van der Waals surface area contributed by atoms with E-state index in [0.717, 1.165) is 58.9 Å². The molecule has 9 heteroatoms. The van der Waals surface area contributed by atoms with Crippen molar-refractivity contribution in [1.82, 2.24) is 30.2 Å². The predicted octanol–water partition coefficient (Wildman–Crippen LogP) is 4.00. The number of likely N-dealkylation sites (N-methyl/N-ethyl adjacent to an activating group) is 1. The average molecular weight is 511 g/mol. The van der Waals surface area contributed by atoms with Gasteiger partial charge in [-0.15, -0.1) is 0 Å². The molecule has 0 saturated carbocycles. The van der Waals surface area contributed by atoms with Crippen LogP contribution in [0.3, 0.4) is 0 Å². The summed E-state index contributed by atoms with van der Waals surface area (Å²) in [6.07, 6.45) is 8.35. The van der Waals surface area contributed by atoms with Crippen molar-refractivity contribution in [3.8, 4) is 11.3 Å². The van der Waals surface area contributed by atoms with Crippen molar-refractivity contribution >= 4 is 28.4 Å². The Morgan fingerprint density at radius 1 is 1.05 bits per heavy atom. The summed E-state index contributed by atoms with van der Waals surface area (Å²) in [6, 6.07) is 14.3. The van der Waals surface area contributed by atoms with E-state index < -0.39 is 0 Å². The molecule has 3 N–H and O–H groups in total. The molecule has 1 aliphatic rings. The summed E-state index contributed by atoms with van der Waals surface area (Å²) in [5.74, 6) is 1.51. The maximum atomic E-state index is 12.2. The summed E-state index contributed by atoms with van der Waals surface area (Å²) in [7, 11) is 1.64. The van der Waals surface area contributed by atoms with E-state index in [1.807, 2.05) is 42.6 Å². The summed E-state index contributed by atoms with van der Waals surface area (Å²) in [5.41, 5.74) is 4.30. The zero-order valence-corrected chi connectivity index (χ0v) is 21.9. The number of fused-ring (bicyclic) bond motifs is 1. The highest BCUT2D eigenvalue weighted by molar-refractivity contribution is 6.06. The third-order valence-electron chi connectivity index (χ3n) is 7.18. The van der Waals surface area contributed by atoms with Gasteiger partial charge in [-0.2, -0.15) is 0 Å². The standard InChI is InChI=1S/C29H34N8O/c1-3-37-15-5-7-22(37)18-34-26-10-9-21(17-33-26)25-16-27(36-19-35-25)31-13-11-20-6-4-8-23-24(29(38)30-2)12-14-32-28(20)23/h4,6,8-10,12,14,16-17,19,22H,3,5,7,11,13,15,18H2,1-2H3,(H,30,38)(H,33,34)(H,31,35,36)/t22-/m0/s1. The summed E-state index contributed by atoms with van der Waals surface area (Å²) in [5, 5.41) is 10.4. The van der Waals surface area contributed by atoms with E-state index in [1.54, 1.807) is 25.6 Å². The summed E-state index contributed by atoms with van der Waals surface area (Å²) in [4.78, 5) is 32.7. The minimum Gasteiger partial charge on any atom is -0.370 e. The molecule has 0 aliphatic carbocycles. The number of rotatable bonds is 10. The highest BCUT2D eigenvalue weighted by Crippen LogP contribution is 2.23. The van der Waals surface area contributed by atoms with Gasteiger partial charge in [0.15, 0.2) is 0 Å². The number of carbonyl (C=O) groups excluding carboxylic acids is 1. The van der Waals surface area contributed by atoms with E-state index in [4.69, 9.17) is 0 Å². The van der Waals surface area contributed by atoms with Crippen LogP contribution in [-0.4, -0.2) is 70.0 Å². The van der Waals surface area contributed by atoms with E-state index in [1.165, 1.54) is 19.4 Å². The minimum absolute atomic E-state index is 0.114. The molecule has 4 heterocycles. The molecule has 3 aromatic heterocycles. The Balaban J connectivity index is 1.20. The second-order valence-electron chi connectivity index (χ2n) is 9.45. The van der Waals surface area contributed by atoms with Crippen molar-refractivity contribution < 1.29 is 4.79 Å². The van der Waals surface area contributed by atoms with Crippen LogP contribution in [0.5, 0.6) is 0 Å². The van der Waals surface area contributed by atoms with E-state index >= 15 is 0 Å². The molecule has 196 valence electrons. The topological polar surface area (TPSA) is 108 Å². The van der Waals surface area contributed by atoms with Gasteiger partial charge >= 0.3 is 0 Å². The monoisotopic (exact) mass is 510 g/mol. The number of benzene rings is 1. The fraction of sp³-hybridized carbons (Fsp3) is 0.345. The first-order valence-electron chi connectivity index (χ1n) is 13.2. The van der Waals surface area contributed by atoms with Crippen molar-refractivity contribution in [2.24, 2.45) is 0 Å². The Morgan fingerprint density at radius 3 is 2.79 bits per heavy atom. The molecule has 4 aromatic rings. The first-order chi connectivity index (χ1) is 18.7. The summed E-state index contributed by atoms with van der Waals surface area (Å²) >= 11 is 0. The van der Waals surface area contributed by atoms with Crippen LogP contribution >= 0.6 is 0 Å². The van der Waals surface area contributed by atoms with E-state index in [9.17, 15) is 4.79 Å². The lowest BCUT2D eigenvalue weighted by atomic mass is 10.0. The van der Waals surface area contributed by atoms with Crippen molar-refractivity contribution in [3.63, 3.8) is 0 Å². The molecule has 1 saturated heterocycles. The number of hydrogen-bond acceptors (Lipinski definition) is 8. The number of hydrogen-bond donors (Lipinski definition) is 3. The molecule has 1 aliphatic heterocycles. The fourth-order valence-corrected chi connectivity index (χ4v) is 5.12. The fourth-order valence-electron chi connectivity index (χ4n) is 5.12. The average Bonchev–Trinajstić information content (AvgIpc) is 3.43. The number of aromatic nitrogens is 4. The number of carbonyl (C=O) groups is 1. The summed E-state index contributed by atoms with van der Waals surface area (Å²) < 4.78 is 0. The molecule has 5 rings (SSSR count). The van der Waals surface area contributed by atoms with E-state index in [-0.39, 0.29) is 5.91 Å². The van der Waals surface area contributed by atoms with Crippen molar-refractivity contribution in [3.05, 3.63) is 72.3 Å². The van der Waals surface area contributed by atoms with Crippen LogP contribution in [0.1, 0.15) is 35.7 Å². The van der Waals surface area contributed by atoms with Gasteiger partial charge in [-0.25, -0.2) is 15.0 Å². The van der Waals surface area contributed by atoms with Crippen LogP contribution < -0.4 is 16.0 Å². The highest BCUT2D eigenvalue weighted by atomic mass is 16.1. The zero-order valence-electron chi connectivity index (χ0n) is 21.9. The number of amides is 1. The minimum atomic E-state index is -0.114. The Hall–Kier alpha value is -4.11. The van der Waals surface area contributed by atoms with Gasteiger partial charge in [0.1, 0.15) is 18.0 Å². The van der Waals surface area contributed by atoms with Crippen molar-refractivity contribution in [2.75, 3.05) is 43.9 Å². The number of anilines is 2. The third kappa shape index (κ3) is 5.73. The number of likely N-dealkylation sites (tertiary alicyclic amines) is 1. The largest absolute Gasteiger partial charge is 0.370 e. The van der Waals surface area contributed by atoms with Crippen LogP contribution in [0.25, 0.3) is 22.2 Å². The second-order valence-corrected chi connectivity index (χ2v) is 9.45. The number of pyridine rings is 2. The van der Waals surface area contributed by atoms with Gasteiger partial charge in [0, 0.05) is 55.6 Å². The SMILES string of the molecule is CCN1CCC[C@H]1CNc1ccc(-c2cc(NCCc3cccc4c(C(=O)NC)ccnc34)ncn2)cn1. The van der Waals surface area contributed by atoms with Crippen LogP contribution in [0.2, 0.25) is 0 Å². The van der Waals surface area contributed by atoms with Crippen LogP contribution in [0.4, 0.5) is 11.6 Å². The van der Waals surface area contributed by atoms with Gasteiger partial charge in [0.2, 0.25) is 0 Å². The molecule has 0 unspecified atom stereocenters. The van der Waals surface area contributed by atoms with Gasteiger partial charge in [-0.05, 0) is 56.1 Å². The molecule has 1 amide bonds. The zero-order chi connectivity index (χ0) is 26.3. The lowest BCUT2D eigenvalue weighted by Crippen LogP contribution is -2.34. The molecule has 0 spiro atoms. The van der Waals surface area contributed by atoms with Gasteiger partial charge in [0.05, 0.1) is 16.8 Å². The van der Waals surface area contributed by atoms with Crippen LogP contribution in [-0.2, 0) is 6.42 Å². The molecule has 38 heavy (non-hydrogen) atoms. The van der Waals surface area contributed by atoms with Gasteiger partial charge in [0.25, 0.3) is 5.91 Å². The molecular formula is C29H34N8O. The first-order valence-corrected chi connectivity index (χ1v) is 13.2. The first kappa shape index (κ1) is 25.5. The van der Waals surface area contributed by atoms with Crippen LogP contribution in [0, 0.1) is 0 Å². The lowest BCUT2D eigenvalue weighted by Gasteiger charge is -2.23. The molecule has 0 radical (unpaired) electrons. The van der Waals surface area contributed by atoms with Gasteiger partial charge in [-0.1, -0.05) is 25.1 Å². The quantitative estimate of drug-likeness (QED) is 0.294. The maximum Gasteiger partial charge on any atom is 0.251 e. The Bertz CT molecular complexity index is 1390. The Kier molecular flexibility index (Phi) is 8.04. The van der Waals surface area contributed by atoms with Crippen molar-refractivity contribution in [1.29, 1.82) is 0 Å². The molecule has 1 fully saturated rings. The molecule has 9 nitrogen and oxygen atoms in total. The lowest BCUT2D eigenvalue weighted by molar-refractivity contribution is 0.0964. The normalized spacial score (nSPS) is 15.5. The van der Waals surface area contributed by atoms with Gasteiger partial charge in [-0.3, -0.25) is 14.7 Å². The molecule has 1 aromatic carbocycles. The van der Waals surface area contributed by atoms with E-state index in [2.05, 4.69) is 47.7 Å². The number of nitrogens with zero attached hydrogens (tertiary/aromatic N) is 5.